The van der Waals surface area contributed by atoms with Crippen LogP contribution >= 0.6 is 0 Å². The van der Waals surface area contributed by atoms with Gasteiger partial charge in [-0.05, 0) is 17.9 Å². The van der Waals surface area contributed by atoms with Crippen molar-refractivity contribution < 1.29 is 0 Å². The molecule has 3 N–H and O–H groups in total. The van der Waals surface area contributed by atoms with E-state index in [1.54, 1.807) is 0 Å². The fourth-order valence-corrected chi connectivity index (χ4v) is 1.06. The highest BCUT2D eigenvalue weighted by atomic mass is 15.1. The SMILES string of the molecule is CC(N)CNc1ncc(C(C)(C)C)cn1. The van der Waals surface area contributed by atoms with Crippen LogP contribution in [0.4, 0.5) is 5.95 Å². The van der Waals surface area contributed by atoms with Crippen LogP contribution in [0.15, 0.2) is 12.4 Å². The van der Waals surface area contributed by atoms with Gasteiger partial charge in [0.15, 0.2) is 0 Å². The Hall–Kier alpha value is -1.16. The fraction of sp³-hybridized carbons (Fsp3) is 0.636. The van der Waals surface area contributed by atoms with Gasteiger partial charge in [0.25, 0.3) is 0 Å². The lowest BCUT2D eigenvalue weighted by Gasteiger charge is -2.18. The molecule has 1 aromatic heterocycles. The Morgan fingerprint density at radius 2 is 1.87 bits per heavy atom. The molecule has 0 bridgehead atoms. The van der Waals surface area contributed by atoms with E-state index >= 15 is 0 Å². The van der Waals surface area contributed by atoms with Gasteiger partial charge in [0.2, 0.25) is 5.95 Å². The summed E-state index contributed by atoms with van der Waals surface area (Å²) in [5.41, 5.74) is 6.85. The van der Waals surface area contributed by atoms with E-state index in [2.05, 4.69) is 36.1 Å². The molecule has 0 amide bonds. The Morgan fingerprint density at radius 1 is 1.33 bits per heavy atom. The second-order valence-corrected chi connectivity index (χ2v) is 4.90. The zero-order valence-corrected chi connectivity index (χ0v) is 9.91. The Labute approximate surface area is 91.3 Å². The Kier molecular flexibility index (Phi) is 3.63. The van der Waals surface area contributed by atoms with Crippen LogP contribution in [0, 0.1) is 0 Å². The van der Waals surface area contributed by atoms with Gasteiger partial charge in [-0.15, -0.1) is 0 Å². The Bertz CT molecular complexity index is 297. The maximum absolute atomic E-state index is 5.62. The molecule has 1 unspecified atom stereocenters. The van der Waals surface area contributed by atoms with Gasteiger partial charge in [-0.1, -0.05) is 20.8 Å². The first kappa shape index (κ1) is 11.9. The minimum atomic E-state index is 0.0969. The van der Waals surface area contributed by atoms with E-state index in [-0.39, 0.29) is 11.5 Å². The van der Waals surface area contributed by atoms with E-state index in [0.717, 1.165) is 5.56 Å². The molecule has 84 valence electrons. The molecular weight excluding hydrogens is 188 g/mol. The third kappa shape index (κ3) is 3.83. The van der Waals surface area contributed by atoms with Crippen LogP contribution < -0.4 is 11.1 Å². The van der Waals surface area contributed by atoms with E-state index in [0.29, 0.717) is 12.5 Å². The number of aromatic nitrogens is 2. The van der Waals surface area contributed by atoms with Crippen LogP contribution in [0.25, 0.3) is 0 Å². The van der Waals surface area contributed by atoms with E-state index in [4.69, 9.17) is 5.73 Å². The number of anilines is 1. The number of nitrogens with zero attached hydrogens (tertiary/aromatic N) is 2. The van der Waals surface area contributed by atoms with Crippen molar-refractivity contribution in [2.24, 2.45) is 5.73 Å². The van der Waals surface area contributed by atoms with Crippen molar-refractivity contribution in [1.82, 2.24) is 9.97 Å². The third-order valence-electron chi connectivity index (χ3n) is 2.10. The molecule has 15 heavy (non-hydrogen) atoms. The lowest BCUT2D eigenvalue weighted by Crippen LogP contribution is -2.26. The summed E-state index contributed by atoms with van der Waals surface area (Å²) in [7, 11) is 0. The van der Waals surface area contributed by atoms with Gasteiger partial charge in [0, 0.05) is 25.0 Å². The molecule has 0 radical (unpaired) electrons. The van der Waals surface area contributed by atoms with Crippen LogP contribution in [-0.2, 0) is 5.41 Å². The van der Waals surface area contributed by atoms with E-state index in [1.165, 1.54) is 0 Å². The first-order chi connectivity index (χ1) is 6.89. The van der Waals surface area contributed by atoms with Crippen molar-refractivity contribution in [3.05, 3.63) is 18.0 Å². The van der Waals surface area contributed by atoms with Crippen molar-refractivity contribution >= 4 is 5.95 Å². The molecule has 0 aromatic carbocycles. The fourth-order valence-electron chi connectivity index (χ4n) is 1.06. The Morgan fingerprint density at radius 3 is 2.27 bits per heavy atom. The molecular formula is C11H20N4. The summed E-state index contributed by atoms with van der Waals surface area (Å²) < 4.78 is 0. The number of nitrogens with two attached hydrogens (primary N) is 1. The van der Waals surface area contributed by atoms with Crippen LogP contribution in [0.5, 0.6) is 0 Å². The quantitative estimate of drug-likeness (QED) is 0.790. The van der Waals surface area contributed by atoms with Crippen LogP contribution in [0.3, 0.4) is 0 Å². The topological polar surface area (TPSA) is 63.8 Å². The lowest BCUT2D eigenvalue weighted by atomic mass is 9.89. The molecule has 0 saturated carbocycles. The maximum Gasteiger partial charge on any atom is 0.222 e. The number of hydrogen-bond donors (Lipinski definition) is 2. The predicted molar refractivity (Wildman–Crippen MR) is 62.9 cm³/mol. The number of rotatable bonds is 3. The van der Waals surface area contributed by atoms with Crippen LogP contribution in [0.2, 0.25) is 0 Å². The number of hydrogen-bond acceptors (Lipinski definition) is 4. The molecule has 0 aliphatic carbocycles. The minimum Gasteiger partial charge on any atom is -0.353 e. The second-order valence-electron chi connectivity index (χ2n) is 4.90. The summed E-state index contributed by atoms with van der Waals surface area (Å²) in [4.78, 5) is 8.48. The van der Waals surface area contributed by atoms with E-state index in [1.807, 2.05) is 19.3 Å². The summed E-state index contributed by atoms with van der Waals surface area (Å²) >= 11 is 0. The van der Waals surface area contributed by atoms with Gasteiger partial charge >= 0.3 is 0 Å². The van der Waals surface area contributed by atoms with Crippen LogP contribution in [0.1, 0.15) is 33.3 Å². The predicted octanol–water partition coefficient (Wildman–Crippen LogP) is 1.53. The van der Waals surface area contributed by atoms with Gasteiger partial charge < -0.3 is 11.1 Å². The second kappa shape index (κ2) is 4.57. The molecule has 4 nitrogen and oxygen atoms in total. The zero-order chi connectivity index (χ0) is 11.5. The average Bonchev–Trinajstić information content (AvgIpc) is 2.14. The van der Waals surface area contributed by atoms with Gasteiger partial charge in [-0.25, -0.2) is 9.97 Å². The highest BCUT2D eigenvalue weighted by molar-refractivity contribution is 5.27. The van der Waals surface area contributed by atoms with Gasteiger partial charge in [0.1, 0.15) is 0 Å². The molecule has 0 saturated heterocycles. The molecule has 0 spiro atoms. The first-order valence-electron chi connectivity index (χ1n) is 5.21. The molecule has 0 aliphatic rings. The standard InChI is InChI=1S/C11H20N4/c1-8(12)5-13-10-14-6-9(7-15-10)11(2,3)4/h6-8H,5,12H2,1-4H3,(H,13,14,15). The lowest BCUT2D eigenvalue weighted by molar-refractivity contribution is 0.584. The normalized spacial score (nSPS) is 13.7. The Balaban J connectivity index is 2.65. The van der Waals surface area contributed by atoms with Gasteiger partial charge in [0.05, 0.1) is 0 Å². The highest BCUT2D eigenvalue weighted by Gasteiger charge is 2.14. The summed E-state index contributed by atoms with van der Waals surface area (Å²) in [6.45, 7) is 9.05. The summed E-state index contributed by atoms with van der Waals surface area (Å²) in [6, 6.07) is 0.107. The molecule has 1 atom stereocenters. The molecule has 1 rings (SSSR count). The van der Waals surface area contributed by atoms with E-state index in [9.17, 15) is 0 Å². The average molecular weight is 208 g/mol. The zero-order valence-electron chi connectivity index (χ0n) is 9.91. The summed E-state index contributed by atoms with van der Waals surface area (Å²) in [5, 5.41) is 3.08. The molecule has 4 heteroatoms. The molecule has 1 heterocycles. The largest absolute Gasteiger partial charge is 0.353 e. The van der Waals surface area contributed by atoms with Gasteiger partial charge in [-0.3, -0.25) is 0 Å². The van der Waals surface area contributed by atoms with E-state index < -0.39 is 0 Å². The van der Waals surface area contributed by atoms with Crippen molar-refractivity contribution in [3.63, 3.8) is 0 Å². The van der Waals surface area contributed by atoms with Crippen molar-refractivity contribution in [3.8, 4) is 0 Å². The molecule has 0 fully saturated rings. The summed E-state index contributed by atoms with van der Waals surface area (Å²) in [5.74, 6) is 0.639. The van der Waals surface area contributed by atoms with Crippen molar-refractivity contribution in [1.29, 1.82) is 0 Å². The molecule has 0 aliphatic heterocycles. The van der Waals surface area contributed by atoms with Crippen LogP contribution in [-0.4, -0.2) is 22.6 Å². The first-order valence-corrected chi connectivity index (χ1v) is 5.21. The highest BCUT2D eigenvalue weighted by Crippen LogP contribution is 2.20. The maximum atomic E-state index is 5.62. The smallest absolute Gasteiger partial charge is 0.222 e. The number of nitrogens with one attached hydrogen (secondary N) is 1. The van der Waals surface area contributed by atoms with Crippen molar-refractivity contribution in [2.45, 2.75) is 39.2 Å². The molecule has 1 aromatic rings. The van der Waals surface area contributed by atoms with Gasteiger partial charge in [-0.2, -0.15) is 0 Å². The third-order valence-corrected chi connectivity index (χ3v) is 2.10. The monoisotopic (exact) mass is 208 g/mol. The minimum absolute atomic E-state index is 0.0969. The summed E-state index contributed by atoms with van der Waals surface area (Å²) in [6.07, 6.45) is 3.72. The van der Waals surface area contributed by atoms with Crippen molar-refractivity contribution in [2.75, 3.05) is 11.9 Å².